The maximum atomic E-state index is 13.3. The molecule has 0 aliphatic heterocycles. The third kappa shape index (κ3) is 4.08. The van der Waals surface area contributed by atoms with Gasteiger partial charge in [0.2, 0.25) is 0 Å². The largest absolute Gasteiger partial charge is 0.391 e. The van der Waals surface area contributed by atoms with Crippen molar-refractivity contribution in [2.45, 2.75) is 32.4 Å². The Morgan fingerprint density at radius 1 is 1.31 bits per heavy atom. The van der Waals surface area contributed by atoms with E-state index in [2.05, 4.69) is 0 Å². The first-order valence-electron chi connectivity index (χ1n) is 5.20. The van der Waals surface area contributed by atoms with Crippen molar-refractivity contribution in [3.05, 3.63) is 35.6 Å². The Labute approximate surface area is 102 Å². The smallest absolute Gasteiger partial charge is 0.128 e. The van der Waals surface area contributed by atoms with Crippen LogP contribution in [0.3, 0.4) is 0 Å². The van der Waals surface area contributed by atoms with E-state index in [1.165, 1.54) is 6.07 Å². The quantitative estimate of drug-likeness (QED) is 0.859. The van der Waals surface area contributed by atoms with Crippen molar-refractivity contribution in [1.29, 1.82) is 0 Å². The van der Waals surface area contributed by atoms with E-state index in [1.807, 2.05) is 13.8 Å². The molecule has 0 fully saturated rings. The summed E-state index contributed by atoms with van der Waals surface area (Å²) in [5.74, 6) is -0.00868. The molecule has 16 heavy (non-hydrogen) atoms. The lowest BCUT2D eigenvalue weighted by Gasteiger charge is -2.21. The van der Waals surface area contributed by atoms with Gasteiger partial charge in [-0.05, 0) is 18.4 Å². The number of nitrogens with two attached hydrogens (primary N) is 1. The highest BCUT2D eigenvalue weighted by atomic mass is 35.5. The number of halogens is 2. The van der Waals surface area contributed by atoms with Gasteiger partial charge in [-0.25, -0.2) is 4.39 Å². The van der Waals surface area contributed by atoms with Crippen LogP contribution in [-0.4, -0.2) is 11.2 Å². The Hall–Kier alpha value is -0.640. The molecule has 0 spiro atoms. The fourth-order valence-electron chi connectivity index (χ4n) is 1.58. The van der Waals surface area contributed by atoms with Gasteiger partial charge in [0.25, 0.3) is 0 Å². The summed E-state index contributed by atoms with van der Waals surface area (Å²) in [6, 6.07) is 5.66. The fraction of sp³-hybridized carbons (Fsp3) is 0.500. The molecule has 1 aromatic rings. The van der Waals surface area contributed by atoms with Gasteiger partial charge in [0.05, 0.1) is 12.1 Å². The van der Waals surface area contributed by atoms with E-state index in [4.69, 9.17) is 5.73 Å². The van der Waals surface area contributed by atoms with Crippen molar-refractivity contribution < 1.29 is 9.50 Å². The Kier molecular flexibility index (Phi) is 6.56. The topological polar surface area (TPSA) is 46.2 Å². The zero-order valence-electron chi connectivity index (χ0n) is 9.56. The van der Waals surface area contributed by atoms with Gasteiger partial charge in [-0.15, -0.1) is 12.4 Å². The van der Waals surface area contributed by atoms with Gasteiger partial charge < -0.3 is 10.8 Å². The van der Waals surface area contributed by atoms with Crippen LogP contribution in [0.2, 0.25) is 0 Å². The normalized spacial score (nSPS) is 14.4. The maximum Gasteiger partial charge on any atom is 0.128 e. The molecule has 0 aromatic heterocycles. The van der Waals surface area contributed by atoms with Crippen LogP contribution >= 0.6 is 12.4 Å². The molecule has 0 saturated carbocycles. The van der Waals surface area contributed by atoms with Crippen molar-refractivity contribution in [1.82, 2.24) is 0 Å². The second kappa shape index (κ2) is 6.84. The van der Waals surface area contributed by atoms with E-state index in [9.17, 15) is 9.50 Å². The van der Waals surface area contributed by atoms with Gasteiger partial charge in [-0.3, -0.25) is 0 Å². The second-order valence-electron chi connectivity index (χ2n) is 4.24. The lowest BCUT2D eigenvalue weighted by Crippen LogP contribution is -2.28. The van der Waals surface area contributed by atoms with Crippen LogP contribution in [0.5, 0.6) is 0 Å². The van der Waals surface area contributed by atoms with Crippen molar-refractivity contribution in [2.75, 3.05) is 0 Å². The summed E-state index contributed by atoms with van der Waals surface area (Å²) in [4.78, 5) is 0. The minimum Gasteiger partial charge on any atom is -0.391 e. The summed E-state index contributed by atoms with van der Waals surface area (Å²) in [5.41, 5.74) is 6.18. The minimum atomic E-state index is -0.693. The maximum absolute atomic E-state index is 13.3. The van der Waals surface area contributed by atoms with Crippen LogP contribution in [0.15, 0.2) is 24.3 Å². The highest BCUT2D eigenvalue weighted by Gasteiger charge is 2.20. The zero-order chi connectivity index (χ0) is 11.4. The number of aliphatic hydroxyl groups is 1. The minimum absolute atomic E-state index is 0. The average Bonchev–Trinajstić information content (AvgIpc) is 2.16. The molecule has 1 aromatic carbocycles. The molecule has 0 radical (unpaired) electrons. The predicted octanol–water partition coefficient (Wildman–Crippen LogP) is 2.65. The number of hydrogen-bond acceptors (Lipinski definition) is 2. The molecule has 0 bridgehead atoms. The third-order valence-electron chi connectivity index (χ3n) is 2.39. The predicted molar refractivity (Wildman–Crippen MR) is 66.0 cm³/mol. The Balaban J connectivity index is 0.00000225. The van der Waals surface area contributed by atoms with E-state index in [1.54, 1.807) is 18.2 Å². The molecule has 0 saturated heterocycles. The molecule has 0 amide bonds. The highest BCUT2D eigenvalue weighted by Crippen LogP contribution is 2.21. The van der Waals surface area contributed by atoms with Gasteiger partial charge in [-0.1, -0.05) is 32.0 Å². The van der Waals surface area contributed by atoms with Crippen LogP contribution < -0.4 is 5.73 Å². The van der Waals surface area contributed by atoms with Gasteiger partial charge in [0.15, 0.2) is 0 Å². The lowest BCUT2D eigenvalue weighted by molar-refractivity contribution is 0.119. The average molecular weight is 248 g/mol. The molecule has 0 aliphatic carbocycles. The molecule has 92 valence electrons. The van der Waals surface area contributed by atoms with Crippen LogP contribution in [0.25, 0.3) is 0 Å². The molecule has 4 heteroatoms. The first-order valence-corrected chi connectivity index (χ1v) is 5.20. The summed E-state index contributed by atoms with van der Waals surface area (Å²) in [6.45, 7) is 3.99. The van der Waals surface area contributed by atoms with Gasteiger partial charge in [-0.2, -0.15) is 0 Å². The first-order chi connectivity index (χ1) is 7.02. The Bertz CT molecular complexity index is 320. The van der Waals surface area contributed by atoms with E-state index in [0.717, 1.165) is 0 Å². The van der Waals surface area contributed by atoms with E-state index >= 15 is 0 Å². The third-order valence-corrected chi connectivity index (χ3v) is 2.39. The lowest BCUT2D eigenvalue weighted by atomic mass is 9.95. The van der Waals surface area contributed by atoms with Gasteiger partial charge in [0.1, 0.15) is 5.82 Å². The summed E-state index contributed by atoms with van der Waals surface area (Å²) in [6.07, 6.45) is -0.114. The van der Waals surface area contributed by atoms with Crippen LogP contribution in [-0.2, 0) is 0 Å². The monoisotopic (exact) mass is 247 g/mol. The number of hydrogen-bond donors (Lipinski definition) is 2. The van der Waals surface area contributed by atoms with Crippen molar-refractivity contribution >= 4 is 12.4 Å². The van der Waals surface area contributed by atoms with E-state index < -0.39 is 12.1 Å². The SMILES string of the molecule is CC(C)C[C@@H](O)[C@@H](N)c1ccccc1F.Cl. The van der Waals surface area contributed by atoms with Gasteiger partial charge >= 0.3 is 0 Å². The molecule has 1 rings (SSSR count). The molecule has 0 aliphatic rings. The molecule has 2 atom stereocenters. The summed E-state index contributed by atoms with van der Waals surface area (Å²) in [7, 11) is 0. The zero-order valence-corrected chi connectivity index (χ0v) is 10.4. The number of benzene rings is 1. The molecular weight excluding hydrogens is 229 g/mol. The first kappa shape index (κ1) is 15.4. The van der Waals surface area contributed by atoms with E-state index in [0.29, 0.717) is 17.9 Å². The summed E-state index contributed by atoms with van der Waals surface area (Å²) >= 11 is 0. The van der Waals surface area contributed by atoms with Crippen molar-refractivity contribution in [3.63, 3.8) is 0 Å². The van der Waals surface area contributed by atoms with Crippen molar-refractivity contribution in [2.24, 2.45) is 11.7 Å². The van der Waals surface area contributed by atoms with Gasteiger partial charge in [0, 0.05) is 5.56 Å². The molecule has 0 heterocycles. The number of aliphatic hydroxyl groups excluding tert-OH is 1. The Morgan fingerprint density at radius 2 is 1.88 bits per heavy atom. The standard InChI is InChI=1S/C12H18FNO.ClH/c1-8(2)7-11(15)12(14)9-5-3-4-6-10(9)13;/h3-6,8,11-12,15H,7,14H2,1-2H3;1H/t11-,12+;/m1./s1. The molecule has 3 N–H and O–H groups in total. The van der Waals surface area contributed by atoms with Crippen molar-refractivity contribution in [3.8, 4) is 0 Å². The van der Waals surface area contributed by atoms with Crippen LogP contribution in [0, 0.1) is 11.7 Å². The number of rotatable bonds is 4. The van der Waals surface area contributed by atoms with E-state index in [-0.39, 0.29) is 18.2 Å². The summed E-state index contributed by atoms with van der Waals surface area (Å²) < 4.78 is 13.3. The van der Waals surface area contributed by atoms with Crippen LogP contribution in [0.4, 0.5) is 4.39 Å². The summed E-state index contributed by atoms with van der Waals surface area (Å²) in [5, 5.41) is 9.77. The fourth-order valence-corrected chi connectivity index (χ4v) is 1.58. The highest BCUT2D eigenvalue weighted by molar-refractivity contribution is 5.85. The molecule has 0 unspecified atom stereocenters. The Morgan fingerprint density at radius 3 is 2.38 bits per heavy atom. The molecule has 2 nitrogen and oxygen atoms in total. The van der Waals surface area contributed by atoms with Crippen LogP contribution in [0.1, 0.15) is 31.9 Å². The second-order valence-corrected chi connectivity index (χ2v) is 4.24. The molecular formula is C12H19ClFNO.